The Kier molecular flexibility index (Phi) is 4.88. The van der Waals surface area contributed by atoms with Crippen LogP contribution in [-0.4, -0.2) is 81.0 Å². The molecular weight excluding hydrogens is 354 g/mol. The fourth-order valence-corrected chi connectivity index (χ4v) is 5.32. The number of nitrogens with one attached hydrogen (secondary N) is 1. The second kappa shape index (κ2) is 7.66. The van der Waals surface area contributed by atoms with Gasteiger partial charge in [0, 0.05) is 32.2 Å². The van der Waals surface area contributed by atoms with E-state index < -0.39 is 0 Å². The number of aromatic amines is 1. The lowest BCUT2D eigenvalue weighted by molar-refractivity contribution is -0.140. The SMILES string of the molecule is O=C([C@@H]1CCCN2CCCC[C@H]12)N1CCCN(c2ncnc3nc[nH]c23)CC1. The standard InChI is InChI=1S/C20H29N7O/c28-20(15-5-3-8-25-7-2-1-6-16(15)25)27-10-4-9-26(11-12-27)19-17-18(22-13-21-17)23-14-24-19/h13-16H,1-12H2,(H,21,22,23,24)/t15-,16-/m1/s1. The fourth-order valence-electron chi connectivity index (χ4n) is 5.32. The third kappa shape index (κ3) is 3.23. The number of piperidine rings is 2. The lowest BCUT2D eigenvalue weighted by Gasteiger charge is -2.44. The van der Waals surface area contributed by atoms with Gasteiger partial charge in [-0.2, -0.15) is 0 Å². The first-order chi connectivity index (χ1) is 13.8. The van der Waals surface area contributed by atoms with E-state index in [1.165, 1.54) is 32.4 Å². The molecule has 3 aliphatic rings. The zero-order valence-electron chi connectivity index (χ0n) is 16.4. The molecule has 1 amide bonds. The Hall–Kier alpha value is -2.22. The molecule has 150 valence electrons. The molecule has 0 aliphatic carbocycles. The van der Waals surface area contributed by atoms with Crippen LogP contribution in [0.1, 0.15) is 38.5 Å². The Labute approximate surface area is 165 Å². The van der Waals surface area contributed by atoms with Gasteiger partial charge in [-0.1, -0.05) is 6.42 Å². The van der Waals surface area contributed by atoms with E-state index >= 15 is 0 Å². The summed E-state index contributed by atoms with van der Waals surface area (Å²) < 4.78 is 0. The molecule has 0 spiro atoms. The minimum atomic E-state index is 0.193. The predicted molar refractivity (Wildman–Crippen MR) is 107 cm³/mol. The zero-order chi connectivity index (χ0) is 18.9. The summed E-state index contributed by atoms with van der Waals surface area (Å²) in [5.74, 6) is 1.47. The van der Waals surface area contributed by atoms with E-state index in [2.05, 4.69) is 34.6 Å². The largest absolute Gasteiger partial charge is 0.353 e. The maximum absolute atomic E-state index is 13.4. The maximum Gasteiger partial charge on any atom is 0.227 e. The van der Waals surface area contributed by atoms with Crippen LogP contribution in [0.2, 0.25) is 0 Å². The van der Waals surface area contributed by atoms with Gasteiger partial charge in [0.2, 0.25) is 5.91 Å². The van der Waals surface area contributed by atoms with Crippen molar-refractivity contribution in [2.24, 2.45) is 5.92 Å². The zero-order valence-corrected chi connectivity index (χ0v) is 16.4. The molecule has 0 radical (unpaired) electrons. The van der Waals surface area contributed by atoms with Crippen LogP contribution >= 0.6 is 0 Å². The fraction of sp³-hybridized carbons (Fsp3) is 0.700. The van der Waals surface area contributed by atoms with E-state index in [-0.39, 0.29) is 5.92 Å². The monoisotopic (exact) mass is 383 g/mol. The third-order valence-electron chi connectivity index (χ3n) is 6.72. The van der Waals surface area contributed by atoms with E-state index in [9.17, 15) is 4.79 Å². The van der Waals surface area contributed by atoms with Crippen molar-refractivity contribution < 1.29 is 4.79 Å². The Morgan fingerprint density at radius 2 is 1.86 bits per heavy atom. The molecule has 3 aliphatic heterocycles. The number of H-pyrrole nitrogens is 1. The highest BCUT2D eigenvalue weighted by atomic mass is 16.2. The number of fused-ring (bicyclic) bond motifs is 2. The molecule has 2 aromatic heterocycles. The molecule has 5 heterocycles. The third-order valence-corrected chi connectivity index (χ3v) is 6.72. The number of hydrogen-bond donors (Lipinski definition) is 1. The number of anilines is 1. The molecule has 2 atom stereocenters. The summed E-state index contributed by atoms with van der Waals surface area (Å²) in [6.45, 7) is 5.66. The van der Waals surface area contributed by atoms with Crippen molar-refractivity contribution in [3.63, 3.8) is 0 Å². The second-order valence-corrected chi connectivity index (χ2v) is 8.31. The van der Waals surface area contributed by atoms with Crippen molar-refractivity contribution in [2.45, 2.75) is 44.6 Å². The molecule has 1 N–H and O–H groups in total. The minimum absolute atomic E-state index is 0.193. The first-order valence-electron chi connectivity index (χ1n) is 10.7. The van der Waals surface area contributed by atoms with Gasteiger partial charge in [0.1, 0.15) is 11.8 Å². The van der Waals surface area contributed by atoms with Crippen molar-refractivity contribution in [1.29, 1.82) is 0 Å². The van der Waals surface area contributed by atoms with Crippen molar-refractivity contribution in [2.75, 3.05) is 44.2 Å². The molecular formula is C20H29N7O. The first-order valence-corrected chi connectivity index (χ1v) is 10.7. The molecule has 8 nitrogen and oxygen atoms in total. The van der Waals surface area contributed by atoms with Gasteiger partial charge in [-0.25, -0.2) is 15.0 Å². The van der Waals surface area contributed by atoms with E-state index in [0.717, 1.165) is 56.8 Å². The van der Waals surface area contributed by atoms with Crippen molar-refractivity contribution in [3.8, 4) is 0 Å². The lowest BCUT2D eigenvalue weighted by atomic mass is 9.82. The number of imidazole rings is 1. The summed E-state index contributed by atoms with van der Waals surface area (Å²) in [6.07, 6.45) is 10.2. The van der Waals surface area contributed by atoms with Crippen LogP contribution in [-0.2, 0) is 4.79 Å². The first kappa shape index (κ1) is 17.8. The van der Waals surface area contributed by atoms with Crippen LogP contribution in [0.3, 0.4) is 0 Å². The Bertz CT molecular complexity index is 835. The molecule has 0 saturated carbocycles. The van der Waals surface area contributed by atoms with Gasteiger partial charge in [-0.3, -0.25) is 9.69 Å². The number of carbonyl (C=O) groups excluding carboxylic acids is 1. The quantitative estimate of drug-likeness (QED) is 0.849. The summed E-state index contributed by atoms with van der Waals surface area (Å²) in [5.41, 5.74) is 1.58. The van der Waals surface area contributed by atoms with E-state index in [1.54, 1.807) is 12.7 Å². The van der Waals surface area contributed by atoms with Crippen molar-refractivity contribution in [1.82, 2.24) is 29.7 Å². The highest BCUT2D eigenvalue weighted by Gasteiger charge is 2.39. The van der Waals surface area contributed by atoms with E-state index in [4.69, 9.17) is 0 Å². The molecule has 5 rings (SSSR count). The number of nitrogens with zero attached hydrogens (tertiary/aromatic N) is 6. The molecule has 2 aromatic rings. The van der Waals surface area contributed by atoms with Gasteiger partial charge in [0.05, 0.1) is 12.2 Å². The summed E-state index contributed by atoms with van der Waals surface area (Å²) in [5, 5.41) is 0. The van der Waals surface area contributed by atoms with Crippen LogP contribution in [0.15, 0.2) is 12.7 Å². The molecule has 3 fully saturated rings. The maximum atomic E-state index is 13.4. The van der Waals surface area contributed by atoms with Crippen LogP contribution < -0.4 is 4.90 Å². The number of aromatic nitrogens is 4. The highest BCUT2D eigenvalue weighted by molar-refractivity contribution is 5.83. The average molecular weight is 384 g/mol. The Balaban J connectivity index is 1.29. The molecule has 0 aromatic carbocycles. The summed E-state index contributed by atoms with van der Waals surface area (Å²) in [6, 6.07) is 0.473. The summed E-state index contributed by atoms with van der Waals surface area (Å²) in [7, 11) is 0. The molecule has 28 heavy (non-hydrogen) atoms. The van der Waals surface area contributed by atoms with E-state index in [0.29, 0.717) is 17.6 Å². The Morgan fingerprint density at radius 1 is 0.929 bits per heavy atom. The minimum Gasteiger partial charge on any atom is -0.353 e. The number of amides is 1. The second-order valence-electron chi connectivity index (χ2n) is 8.31. The van der Waals surface area contributed by atoms with Crippen molar-refractivity contribution in [3.05, 3.63) is 12.7 Å². The molecule has 3 saturated heterocycles. The van der Waals surface area contributed by atoms with Gasteiger partial charge in [0.25, 0.3) is 0 Å². The van der Waals surface area contributed by atoms with Gasteiger partial charge in [-0.05, 0) is 45.2 Å². The smallest absolute Gasteiger partial charge is 0.227 e. The summed E-state index contributed by atoms with van der Waals surface area (Å²) in [4.78, 5) is 36.5. The van der Waals surface area contributed by atoms with Gasteiger partial charge >= 0.3 is 0 Å². The van der Waals surface area contributed by atoms with Crippen molar-refractivity contribution >= 4 is 22.9 Å². The molecule has 0 bridgehead atoms. The predicted octanol–water partition coefficient (Wildman–Crippen LogP) is 1.66. The molecule has 0 unspecified atom stereocenters. The number of rotatable bonds is 2. The highest BCUT2D eigenvalue weighted by Crippen LogP contribution is 2.32. The summed E-state index contributed by atoms with van der Waals surface area (Å²) >= 11 is 0. The Morgan fingerprint density at radius 3 is 2.82 bits per heavy atom. The van der Waals surface area contributed by atoms with Gasteiger partial charge < -0.3 is 14.8 Å². The van der Waals surface area contributed by atoms with Gasteiger partial charge in [0.15, 0.2) is 11.5 Å². The van der Waals surface area contributed by atoms with Crippen LogP contribution in [0.4, 0.5) is 5.82 Å². The van der Waals surface area contributed by atoms with Crippen LogP contribution in [0, 0.1) is 5.92 Å². The lowest BCUT2D eigenvalue weighted by Crippen LogP contribution is -2.53. The van der Waals surface area contributed by atoms with Gasteiger partial charge in [-0.15, -0.1) is 0 Å². The topological polar surface area (TPSA) is 81.2 Å². The average Bonchev–Trinajstić information content (AvgIpc) is 3.09. The number of carbonyl (C=O) groups is 1. The normalized spacial score (nSPS) is 26.9. The van der Waals surface area contributed by atoms with Crippen LogP contribution in [0.5, 0.6) is 0 Å². The number of hydrogen-bond acceptors (Lipinski definition) is 6. The molecule has 8 heteroatoms. The van der Waals surface area contributed by atoms with Crippen LogP contribution in [0.25, 0.3) is 11.2 Å². The van der Waals surface area contributed by atoms with E-state index in [1.807, 2.05) is 0 Å².